The Morgan fingerprint density at radius 3 is 2.68 bits per heavy atom. The Hall–Kier alpha value is -1.59. The number of nitrogens with zero attached hydrogens (tertiary/aromatic N) is 2. The van der Waals surface area contributed by atoms with Crippen molar-refractivity contribution in [3.63, 3.8) is 0 Å². The van der Waals surface area contributed by atoms with Crippen LogP contribution in [0.2, 0.25) is 0 Å². The first kappa shape index (κ1) is 16.8. The maximum Gasteiger partial charge on any atom is 0.167 e. The molecular formula is C16H15BrClFN2O. The zero-order valence-corrected chi connectivity index (χ0v) is 14.3. The van der Waals surface area contributed by atoms with Gasteiger partial charge < -0.3 is 9.64 Å². The van der Waals surface area contributed by atoms with Crippen LogP contribution in [0.5, 0.6) is 5.75 Å². The molecule has 3 nitrogen and oxygen atoms in total. The third-order valence-electron chi connectivity index (χ3n) is 3.34. The number of methoxy groups -OCH3 is 1. The molecule has 1 heterocycles. The predicted molar refractivity (Wildman–Crippen MR) is 90.0 cm³/mol. The molecule has 0 saturated heterocycles. The summed E-state index contributed by atoms with van der Waals surface area (Å²) in [6, 6.07) is 11.3. The fraction of sp³-hybridized carbons (Fsp3) is 0.188. The molecule has 0 fully saturated rings. The number of hydrogen-bond donors (Lipinski definition) is 0. The van der Waals surface area contributed by atoms with Gasteiger partial charge in [0.1, 0.15) is 6.67 Å². The van der Waals surface area contributed by atoms with Gasteiger partial charge in [-0.25, -0.2) is 4.39 Å². The minimum absolute atomic E-state index is 0. The summed E-state index contributed by atoms with van der Waals surface area (Å²) in [6.45, 7) is 1.28. The van der Waals surface area contributed by atoms with Crippen LogP contribution in [0, 0.1) is 5.82 Å². The number of ether oxygens (including phenoxy) is 1. The van der Waals surface area contributed by atoms with Gasteiger partial charge in [0.25, 0.3) is 0 Å². The second-order valence-corrected chi connectivity index (χ2v) is 5.76. The third-order valence-corrected chi connectivity index (χ3v) is 3.87. The number of hydrogen-bond acceptors (Lipinski definition) is 3. The van der Waals surface area contributed by atoms with Crippen LogP contribution in [-0.2, 0) is 6.54 Å². The Morgan fingerprint density at radius 2 is 2.00 bits per heavy atom. The normalized spacial score (nSPS) is 12.6. The summed E-state index contributed by atoms with van der Waals surface area (Å²) in [7, 11) is 1.46. The van der Waals surface area contributed by atoms with Gasteiger partial charge in [-0.2, -0.15) is 0 Å². The minimum atomic E-state index is -0.380. The lowest BCUT2D eigenvalue weighted by Gasteiger charge is -2.21. The van der Waals surface area contributed by atoms with Crippen molar-refractivity contribution in [2.45, 2.75) is 6.54 Å². The summed E-state index contributed by atoms with van der Waals surface area (Å²) < 4.78 is 19.7. The molecular weight excluding hydrogens is 371 g/mol. The second-order valence-electron chi connectivity index (χ2n) is 4.85. The van der Waals surface area contributed by atoms with Crippen LogP contribution in [0.15, 0.2) is 45.9 Å². The fourth-order valence-electron chi connectivity index (χ4n) is 2.28. The molecule has 0 N–H and O–H groups in total. The van der Waals surface area contributed by atoms with E-state index in [1.165, 1.54) is 18.7 Å². The molecule has 0 unspecified atom stereocenters. The average Bonchev–Trinajstić information content (AvgIpc) is 2.49. The monoisotopic (exact) mass is 384 g/mol. The van der Waals surface area contributed by atoms with E-state index in [-0.39, 0.29) is 24.0 Å². The van der Waals surface area contributed by atoms with Crippen molar-refractivity contribution >= 4 is 34.5 Å². The second kappa shape index (κ2) is 7.11. The molecule has 22 heavy (non-hydrogen) atoms. The number of rotatable bonds is 3. The van der Waals surface area contributed by atoms with E-state index in [9.17, 15) is 4.39 Å². The Kier molecular flexibility index (Phi) is 5.42. The standard InChI is InChI=1S/C16H14BrFN2O.ClH/c1-21-16-6-12-9-20(10-19-15(12)7-14(16)18)8-11-2-4-13(17)5-3-11;/h2-7,9H,8,10H2,1H3;1H. The van der Waals surface area contributed by atoms with E-state index in [0.717, 1.165) is 16.2 Å². The van der Waals surface area contributed by atoms with E-state index >= 15 is 0 Å². The van der Waals surface area contributed by atoms with Gasteiger partial charge in [-0.05, 0) is 23.8 Å². The molecule has 0 bridgehead atoms. The van der Waals surface area contributed by atoms with E-state index in [1.807, 2.05) is 18.3 Å². The van der Waals surface area contributed by atoms with Crippen LogP contribution >= 0.6 is 28.3 Å². The Balaban J connectivity index is 0.00000176. The maximum atomic E-state index is 13.6. The molecule has 1 aliphatic heterocycles. The lowest BCUT2D eigenvalue weighted by atomic mass is 10.2. The predicted octanol–water partition coefficient (Wildman–Crippen LogP) is 2.85. The molecule has 2 aromatic rings. The molecule has 116 valence electrons. The maximum absolute atomic E-state index is 13.6. The summed E-state index contributed by atoms with van der Waals surface area (Å²) in [5.74, 6) is -0.138. The molecule has 0 atom stereocenters. The molecule has 6 heteroatoms. The smallest absolute Gasteiger partial charge is 0.167 e. The summed E-state index contributed by atoms with van der Waals surface area (Å²) in [4.78, 5) is 6.50. The van der Waals surface area contributed by atoms with Crippen molar-refractivity contribution in [2.75, 3.05) is 13.8 Å². The van der Waals surface area contributed by atoms with Crippen LogP contribution in [0.4, 0.5) is 4.39 Å². The quantitative estimate of drug-likeness (QED) is 0.812. The lowest BCUT2D eigenvalue weighted by Crippen LogP contribution is -2.36. The Labute approximate surface area is 142 Å². The summed E-state index contributed by atoms with van der Waals surface area (Å²) >= 11 is 3.43. The van der Waals surface area contributed by atoms with Crippen LogP contribution < -0.4 is 15.3 Å². The number of fused-ring (bicyclic) bond motifs is 1. The van der Waals surface area contributed by atoms with Crippen molar-refractivity contribution < 1.29 is 9.13 Å². The van der Waals surface area contributed by atoms with Crippen molar-refractivity contribution in [3.8, 4) is 5.75 Å². The largest absolute Gasteiger partial charge is 0.494 e. The summed E-state index contributed by atoms with van der Waals surface area (Å²) in [5, 5.41) is 1.54. The SMILES string of the molecule is COc1cc2c(cc1F)=NCN(Cc1ccc(Br)cc1)C=2.Cl. The minimum Gasteiger partial charge on any atom is -0.494 e. The molecule has 2 aromatic carbocycles. The molecule has 3 rings (SSSR count). The number of benzene rings is 2. The van der Waals surface area contributed by atoms with Gasteiger partial charge in [0.05, 0.1) is 12.5 Å². The van der Waals surface area contributed by atoms with E-state index in [4.69, 9.17) is 4.74 Å². The highest BCUT2D eigenvalue weighted by Gasteiger charge is 2.09. The van der Waals surface area contributed by atoms with Gasteiger partial charge in [-0.3, -0.25) is 4.99 Å². The van der Waals surface area contributed by atoms with Gasteiger partial charge in [-0.1, -0.05) is 28.1 Å². The van der Waals surface area contributed by atoms with Crippen LogP contribution in [0.1, 0.15) is 5.56 Å². The van der Waals surface area contributed by atoms with Crippen molar-refractivity contribution in [3.05, 3.63) is 62.8 Å². The topological polar surface area (TPSA) is 24.8 Å². The van der Waals surface area contributed by atoms with Crippen molar-refractivity contribution in [2.24, 2.45) is 4.99 Å². The Bertz CT molecular complexity index is 780. The van der Waals surface area contributed by atoms with E-state index in [0.29, 0.717) is 12.0 Å². The van der Waals surface area contributed by atoms with Crippen LogP contribution in [-0.4, -0.2) is 18.7 Å². The third kappa shape index (κ3) is 3.59. The zero-order chi connectivity index (χ0) is 14.8. The average molecular weight is 386 g/mol. The molecule has 0 spiro atoms. The highest BCUT2D eigenvalue weighted by molar-refractivity contribution is 9.10. The molecule has 0 radical (unpaired) electrons. The summed E-state index contributed by atoms with van der Waals surface area (Å²) in [6.07, 6.45) is 1.99. The van der Waals surface area contributed by atoms with Gasteiger partial charge in [0.15, 0.2) is 11.6 Å². The summed E-state index contributed by atoms with van der Waals surface area (Å²) in [5.41, 5.74) is 1.20. The van der Waals surface area contributed by atoms with Crippen LogP contribution in [0.25, 0.3) is 6.20 Å². The van der Waals surface area contributed by atoms with E-state index in [2.05, 4.69) is 38.0 Å². The first-order chi connectivity index (χ1) is 10.2. The van der Waals surface area contributed by atoms with Gasteiger partial charge in [-0.15, -0.1) is 12.4 Å². The van der Waals surface area contributed by atoms with Gasteiger partial charge in [0.2, 0.25) is 0 Å². The molecule has 0 amide bonds. The first-order valence-electron chi connectivity index (χ1n) is 6.54. The van der Waals surface area contributed by atoms with Crippen molar-refractivity contribution in [1.82, 2.24) is 4.90 Å². The molecule has 0 aliphatic carbocycles. The zero-order valence-electron chi connectivity index (χ0n) is 11.9. The van der Waals surface area contributed by atoms with E-state index in [1.54, 1.807) is 6.07 Å². The molecule has 0 aromatic heterocycles. The fourth-order valence-corrected chi connectivity index (χ4v) is 2.54. The lowest BCUT2D eigenvalue weighted by molar-refractivity contribution is 0.382. The Morgan fingerprint density at radius 1 is 1.27 bits per heavy atom. The highest BCUT2D eigenvalue weighted by atomic mass is 79.9. The highest BCUT2D eigenvalue weighted by Crippen LogP contribution is 2.14. The van der Waals surface area contributed by atoms with E-state index < -0.39 is 0 Å². The van der Waals surface area contributed by atoms with Gasteiger partial charge in [0, 0.05) is 28.5 Å². The molecule has 1 aliphatic rings. The van der Waals surface area contributed by atoms with Crippen molar-refractivity contribution in [1.29, 1.82) is 0 Å². The number of halogens is 3. The molecule has 0 saturated carbocycles. The van der Waals surface area contributed by atoms with Crippen LogP contribution in [0.3, 0.4) is 0 Å². The van der Waals surface area contributed by atoms with Gasteiger partial charge >= 0.3 is 0 Å². The first-order valence-corrected chi connectivity index (χ1v) is 7.33.